The van der Waals surface area contributed by atoms with Crippen LogP contribution < -0.4 is 5.73 Å². The zero-order valence-corrected chi connectivity index (χ0v) is 10.1. The summed E-state index contributed by atoms with van der Waals surface area (Å²) in [5, 5.41) is 0. The Labute approximate surface area is 98.7 Å². The predicted molar refractivity (Wildman–Crippen MR) is 61.3 cm³/mol. The molecule has 16 heavy (non-hydrogen) atoms. The molecule has 0 aromatic heterocycles. The van der Waals surface area contributed by atoms with Crippen molar-refractivity contribution < 1.29 is 13.2 Å². The molecule has 96 valence electrons. The number of piperidine rings is 1. The summed E-state index contributed by atoms with van der Waals surface area (Å²) in [5.74, 6) is 0.716. The molecule has 0 saturated carbocycles. The van der Waals surface area contributed by atoms with Crippen LogP contribution in [0, 0.1) is 5.92 Å². The second kappa shape index (κ2) is 6.71. The fourth-order valence-corrected chi connectivity index (χ4v) is 2.70. The van der Waals surface area contributed by atoms with E-state index in [2.05, 4.69) is 4.90 Å². The molecule has 1 unspecified atom stereocenters. The van der Waals surface area contributed by atoms with Crippen molar-refractivity contribution in [3.05, 3.63) is 0 Å². The topological polar surface area (TPSA) is 29.3 Å². The molecule has 1 rings (SSSR count). The van der Waals surface area contributed by atoms with Gasteiger partial charge in [-0.2, -0.15) is 13.2 Å². The third-order valence-corrected chi connectivity index (χ3v) is 3.57. The zero-order valence-electron chi connectivity index (χ0n) is 9.30. The van der Waals surface area contributed by atoms with Crippen molar-refractivity contribution in [2.75, 3.05) is 31.9 Å². The molecule has 0 aromatic carbocycles. The molecule has 0 aromatic rings. The Balaban J connectivity index is 2.16. The standard InChI is InChI=1S/C10H19F3N2S/c11-10(12,13)16-7-6-15-5-1-2-9(8-15)3-4-14/h9H,1-8,14H2. The highest BCUT2D eigenvalue weighted by Gasteiger charge is 2.28. The molecule has 2 nitrogen and oxygen atoms in total. The fourth-order valence-electron chi connectivity index (χ4n) is 2.12. The van der Waals surface area contributed by atoms with E-state index in [4.69, 9.17) is 5.73 Å². The van der Waals surface area contributed by atoms with Gasteiger partial charge in [0.2, 0.25) is 0 Å². The first-order valence-electron chi connectivity index (χ1n) is 5.64. The monoisotopic (exact) mass is 256 g/mol. The second-order valence-electron chi connectivity index (χ2n) is 4.18. The molecular formula is C10H19F3N2S. The van der Waals surface area contributed by atoms with E-state index in [9.17, 15) is 13.2 Å². The first-order chi connectivity index (χ1) is 7.51. The van der Waals surface area contributed by atoms with Crippen LogP contribution in [-0.4, -0.2) is 42.3 Å². The average molecular weight is 256 g/mol. The Hall–Kier alpha value is 0.0600. The summed E-state index contributed by atoms with van der Waals surface area (Å²) < 4.78 is 35.8. The third kappa shape index (κ3) is 5.96. The van der Waals surface area contributed by atoms with Gasteiger partial charge in [0.05, 0.1) is 0 Å². The maximum absolute atomic E-state index is 11.9. The van der Waals surface area contributed by atoms with Crippen molar-refractivity contribution in [1.82, 2.24) is 4.90 Å². The van der Waals surface area contributed by atoms with Crippen molar-refractivity contribution >= 4 is 11.8 Å². The first kappa shape index (κ1) is 14.1. The highest BCUT2D eigenvalue weighted by molar-refractivity contribution is 8.00. The van der Waals surface area contributed by atoms with Crippen LogP contribution in [0.4, 0.5) is 13.2 Å². The molecule has 1 fully saturated rings. The molecule has 1 aliphatic heterocycles. The van der Waals surface area contributed by atoms with Crippen LogP contribution in [0.2, 0.25) is 0 Å². The SMILES string of the molecule is NCCC1CCCN(CCSC(F)(F)F)C1. The average Bonchev–Trinajstić information content (AvgIpc) is 2.17. The van der Waals surface area contributed by atoms with E-state index in [1.165, 1.54) is 6.42 Å². The molecule has 1 aliphatic rings. The lowest BCUT2D eigenvalue weighted by molar-refractivity contribution is -0.0329. The highest BCUT2D eigenvalue weighted by atomic mass is 32.2. The summed E-state index contributed by atoms with van der Waals surface area (Å²) in [7, 11) is 0. The molecule has 0 aliphatic carbocycles. The van der Waals surface area contributed by atoms with Crippen LogP contribution in [0.15, 0.2) is 0 Å². The van der Waals surface area contributed by atoms with Gasteiger partial charge in [-0.1, -0.05) is 0 Å². The van der Waals surface area contributed by atoms with E-state index >= 15 is 0 Å². The van der Waals surface area contributed by atoms with E-state index in [1.54, 1.807) is 0 Å². The number of likely N-dealkylation sites (tertiary alicyclic amines) is 1. The van der Waals surface area contributed by atoms with Crippen molar-refractivity contribution in [2.24, 2.45) is 11.7 Å². The van der Waals surface area contributed by atoms with Gasteiger partial charge in [0.25, 0.3) is 0 Å². The van der Waals surface area contributed by atoms with Gasteiger partial charge in [0, 0.05) is 18.8 Å². The van der Waals surface area contributed by atoms with Gasteiger partial charge in [0.1, 0.15) is 0 Å². The Morgan fingerprint density at radius 1 is 1.38 bits per heavy atom. The van der Waals surface area contributed by atoms with Gasteiger partial charge in [-0.3, -0.25) is 0 Å². The van der Waals surface area contributed by atoms with E-state index in [0.717, 1.165) is 25.9 Å². The van der Waals surface area contributed by atoms with Gasteiger partial charge in [-0.25, -0.2) is 0 Å². The fraction of sp³-hybridized carbons (Fsp3) is 1.00. The van der Waals surface area contributed by atoms with Crippen LogP contribution in [0.25, 0.3) is 0 Å². The van der Waals surface area contributed by atoms with Gasteiger partial charge in [0.15, 0.2) is 0 Å². The van der Waals surface area contributed by atoms with E-state index in [0.29, 0.717) is 19.0 Å². The minimum absolute atomic E-state index is 0.0754. The number of nitrogens with two attached hydrogens (primary N) is 1. The molecular weight excluding hydrogens is 237 g/mol. The Morgan fingerprint density at radius 3 is 2.75 bits per heavy atom. The Bertz CT molecular complexity index is 197. The summed E-state index contributed by atoms with van der Waals surface area (Å²) in [4.78, 5) is 2.13. The summed E-state index contributed by atoms with van der Waals surface area (Å²) in [5.41, 5.74) is 1.40. The minimum Gasteiger partial charge on any atom is -0.330 e. The van der Waals surface area contributed by atoms with Crippen molar-refractivity contribution in [3.8, 4) is 0 Å². The summed E-state index contributed by atoms with van der Waals surface area (Å²) in [6, 6.07) is 0. The van der Waals surface area contributed by atoms with Gasteiger partial charge < -0.3 is 10.6 Å². The number of rotatable bonds is 5. The maximum atomic E-state index is 11.9. The lowest BCUT2D eigenvalue weighted by Crippen LogP contribution is -2.37. The normalized spacial score (nSPS) is 23.6. The number of hydrogen-bond donors (Lipinski definition) is 1. The van der Waals surface area contributed by atoms with Crippen molar-refractivity contribution in [1.29, 1.82) is 0 Å². The van der Waals surface area contributed by atoms with E-state index < -0.39 is 5.51 Å². The van der Waals surface area contributed by atoms with E-state index in [1.807, 2.05) is 0 Å². The molecule has 2 N–H and O–H groups in total. The van der Waals surface area contributed by atoms with Gasteiger partial charge in [-0.15, -0.1) is 0 Å². The number of halogens is 3. The van der Waals surface area contributed by atoms with Crippen molar-refractivity contribution in [3.63, 3.8) is 0 Å². The number of nitrogens with zero attached hydrogens (tertiary/aromatic N) is 1. The Kier molecular flexibility index (Phi) is 5.92. The largest absolute Gasteiger partial charge is 0.441 e. The smallest absolute Gasteiger partial charge is 0.330 e. The molecule has 6 heteroatoms. The number of alkyl halides is 3. The molecule has 0 spiro atoms. The molecule has 0 amide bonds. The summed E-state index contributed by atoms with van der Waals surface area (Å²) in [6.07, 6.45) is 3.24. The van der Waals surface area contributed by atoms with Crippen LogP contribution in [-0.2, 0) is 0 Å². The molecule has 1 saturated heterocycles. The van der Waals surface area contributed by atoms with Crippen LogP contribution in [0.3, 0.4) is 0 Å². The highest BCUT2D eigenvalue weighted by Crippen LogP contribution is 2.30. The van der Waals surface area contributed by atoms with Crippen LogP contribution in [0.1, 0.15) is 19.3 Å². The van der Waals surface area contributed by atoms with E-state index in [-0.39, 0.29) is 17.5 Å². The lowest BCUT2D eigenvalue weighted by Gasteiger charge is -2.32. The maximum Gasteiger partial charge on any atom is 0.441 e. The summed E-state index contributed by atoms with van der Waals surface area (Å²) >= 11 is 0.0754. The van der Waals surface area contributed by atoms with Crippen LogP contribution in [0.5, 0.6) is 0 Å². The van der Waals surface area contributed by atoms with Crippen LogP contribution >= 0.6 is 11.8 Å². The molecule has 1 atom stereocenters. The summed E-state index contributed by atoms with van der Waals surface area (Å²) in [6.45, 7) is 3.05. The number of thioether (sulfide) groups is 1. The second-order valence-corrected chi connectivity index (χ2v) is 5.34. The lowest BCUT2D eigenvalue weighted by atomic mass is 9.95. The molecule has 1 heterocycles. The molecule has 0 bridgehead atoms. The molecule has 0 radical (unpaired) electrons. The third-order valence-electron chi connectivity index (χ3n) is 2.85. The zero-order chi connectivity index (χ0) is 12.0. The minimum atomic E-state index is -4.09. The quantitative estimate of drug-likeness (QED) is 0.818. The van der Waals surface area contributed by atoms with Crippen molar-refractivity contribution in [2.45, 2.75) is 24.8 Å². The van der Waals surface area contributed by atoms with Gasteiger partial charge >= 0.3 is 5.51 Å². The predicted octanol–water partition coefficient (Wildman–Crippen LogP) is 2.30. The number of hydrogen-bond acceptors (Lipinski definition) is 3. The Morgan fingerprint density at radius 2 is 2.12 bits per heavy atom. The van der Waals surface area contributed by atoms with Gasteiger partial charge in [-0.05, 0) is 50.0 Å². The first-order valence-corrected chi connectivity index (χ1v) is 6.63.